The van der Waals surface area contributed by atoms with Crippen LogP contribution in [0.3, 0.4) is 0 Å². The Morgan fingerprint density at radius 3 is 2.00 bits per heavy atom. The highest BCUT2D eigenvalue weighted by Crippen LogP contribution is 2.34. The van der Waals surface area contributed by atoms with E-state index in [1.165, 1.54) is 4.90 Å². The van der Waals surface area contributed by atoms with Gasteiger partial charge in [0.25, 0.3) is 11.8 Å². The van der Waals surface area contributed by atoms with Gasteiger partial charge in [0.2, 0.25) is 0 Å². The molecule has 0 bridgehead atoms. The first kappa shape index (κ1) is 16.2. The lowest BCUT2D eigenvalue weighted by molar-refractivity contribution is 0.0926. The molecule has 0 aliphatic carbocycles. The normalized spacial score (nSPS) is 13.5. The molecule has 3 aromatic carbocycles. The summed E-state index contributed by atoms with van der Waals surface area (Å²) in [7, 11) is 0. The lowest BCUT2D eigenvalue weighted by atomic mass is 10.1. The van der Waals surface area contributed by atoms with Gasteiger partial charge in [-0.2, -0.15) is 0 Å². The number of para-hydroxylation sites is 2. The van der Waals surface area contributed by atoms with Crippen LogP contribution >= 0.6 is 11.6 Å². The van der Waals surface area contributed by atoms with Crippen molar-refractivity contribution in [3.63, 3.8) is 0 Å². The summed E-state index contributed by atoms with van der Waals surface area (Å²) in [6.07, 6.45) is 1.67. The van der Waals surface area contributed by atoms with Gasteiger partial charge in [0.1, 0.15) is 0 Å². The number of carbonyl (C=O) groups is 2. The molecule has 3 aromatic rings. The summed E-state index contributed by atoms with van der Waals surface area (Å²) < 4.78 is 0. The van der Waals surface area contributed by atoms with E-state index in [4.69, 9.17) is 11.6 Å². The number of fused-ring (bicyclic) bond motifs is 1. The van der Waals surface area contributed by atoms with Gasteiger partial charge in [0.15, 0.2) is 0 Å². The van der Waals surface area contributed by atoms with Gasteiger partial charge in [-0.15, -0.1) is 0 Å². The monoisotopic (exact) mass is 360 g/mol. The molecule has 0 saturated heterocycles. The molecule has 2 amide bonds. The number of rotatable bonds is 3. The van der Waals surface area contributed by atoms with Crippen LogP contribution in [0.4, 0.5) is 11.4 Å². The number of carbonyl (C=O) groups excluding carboxylic acids is 2. The maximum absolute atomic E-state index is 12.7. The van der Waals surface area contributed by atoms with Crippen molar-refractivity contribution in [2.75, 3.05) is 4.90 Å². The SMILES string of the molecule is O=C1c2ccccc2C(=O)N1c1ccccc1N=Cc1ccc(Cl)cc1. The van der Waals surface area contributed by atoms with Crippen molar-refractivity contribution in [2.24, 2.45) is 4.99 Å². The first-order valence-electron chi connectivity index (χ1n) is 8.01. The number of benzene rings is 3. The standard InChI is InChI=1S/C21H13ClN2O2/c22-15-11-9-14(10-12-15)13-23-18-7-3-4-8-19(18)24-20(25)16-5-1-2-6-17(16)21(24)26/h1-13H. The second-order valence-corrected chi connectivity index (χ2v) is 6.23. The Bertz CT molecular complexity index is 1010. The third-order valence-corrected chi connectivity index (χ3v) is 4.39. The molecule has 0 fully saturated rings. The van der Waals surface area contributed by atoms with Crippen LogP contribution < -0.4 is 4.90 Å². The molecule has 0 radical (unpaired) electrons. The highest BCUT2D eigenvalue weighted by atomic mass is 35.5. The zero-order chi connectivity index (χ0) is 18.1. The molecule has 0 spiro atoms. The molecule has 1 aliphatic heterocycles. The Hall–Kier alpha value is -3.24. The zero-order valence-electron chi connectivity index (χ0n) is 13.6. The molecule has 0 saturated carbocycles. The number of imide groups is 1. The van der Waals surface area contributed by atoms with Gasteiger partial charge in [-0.05, 0) is 42.0 Å². The number of hydrogen-bond acceptors (Lipinski definition) is 3. The van der Waals surface area contributed by atoms with Crippen LogP contribution in [0.5, 0.6) is 0 Å². The lowest BCUT2D eigenvalue weighted by Crippen LogP contribution is -2.29. The van der Waals surface area contributed by atoms with E-state index in [0.29, 0.717) is 27.5 Å². The van der Waals surface area contributed by atoms with Gasteiger partial charge in [-0.25, -0.2) is 4.90 Å². The Morgan fingerprint density at radius 1 is 0.769 bits per heavy atom. The van der Waals surface area contributed by atoms with Crippen molar-refractivity contribution in [1.29, 1.82) is 0 Å². The smallest absolute Gasteiger partial charge is 0.266 e. The molecule has 0 aromatic heterocycles. The molecule has 4 rings (SSSR count). The van der Waals surface area contributed by atoms with E-state index in [2.05, 4.69) is 4.99 Å². The summed E-state index contributed by atoms with van der Waals surface area (Å²) in [6, 6.07) is 21.1. The van der Waals surface area contributed by atoms with Gasteiger partial charge >= 0.3 is 0 Å². The molecule has 126 valence electrons. The fourth-order valence-electron chi connectivity index (χ4n) is 2.86. The Balaban J connectivity index is 1.72. The van der Waals surface area contributed by atoms with E-state index in [0.717, 1.165) is 5.56 Å². The van der Waals surface area contributed by atoms with Crippen molar-refractivity contribution >= 4 is 41.0 Å². The van der Waals surface area contributed by atoms with Crippen LogP contribution in [-0.2, 0) is 0 Å². The zero-order valence-corrected chi connectivity index (χ0v) is 14.4. The van der Waals surface area contributed by atoms with Crippen molar-refractivity contribution in [3.05, 3.63) is 94.5 Å². The van der Waals surface area contributed by atoms with Crippen LogP contribution in [0, 0.1) is 0 Å². The summed E-state index contributed by atoms with van der Waals surface area (Å²) in [5, 5.41) is 0.647. The van der Waals surface area contributed by atoms with E-state index in [9.17, 15) is 9.59 Å². The molecule has 0 atom stereocenters. The average Bonchev–Trinajstić information content (AvgIpc) is 2.93. The predicted molar refractivity (Wildman–Crippen MR) is 103 cm³/mol. The van der Waals surface area contributed by atoms with E-state index >= 15 is 0 Å². The number of halogens is 1. The number of aliphatic imine (C=N–C) groups is 1. The molecule has 5 heteroatoms. The van der Waals surface area contributed by atoms with Gasteiger partial charge in [0.05, 0.1) is 22.5 Å². The van der Waals surface area contributed by atoms with E-state index in [1.807, 2.05) is 18.2 Å². The highest BCUT2D eigenvalue weighted by Gasteiger charge is 2.37. The fraction of sp³-hybridized carbons (Fsp3) is 0. The van der Waals surface area contributed by atoms with Crippen molar-refractivity contribution < 1.29 is 9.59 Å². The topological polar surface area (TPSA) is 49.7 Å². The third kappa shape index (κ3) is 2.80. The molecule has 1 aliphatic rings. The number of nitrogens with zero attached hydrogens (tertiary/aromatic N) is 2. The van der Waals surface area contributed by atoms with Crippen molar-refractivity contribution in [2.45, 2.75) is 0 Å². The second kappa shape index (κ2) is 6.58. The Kier molecular flexibility index (Phi) is 4.11. The van der Waals surface area contributed by atoms with E-state index in [1.54, 1.807) is 60.8 Å². The third-order valence-electron chi connectivity index (χ3n) is 4.14. The van der Waals surface area contributed by atoms with E-state index < -0.39 is 0 Å². The molecular formula is C21H13ClN2O2. The van der Waals surface area contributed by atoms with Crippen molar-refractivity contribution in [3.8, 4) is 0 Å². The minimum absolute atomic E-state index is 0.334. The van der Waals surface area contributed by atoms with Crippen LogP contribution in [0.15, 0.2) is 77.8 Å². The number of anilines is 1. The van der Waals surface area contributed by atoms with E-state index in [-0.39, 0.29) is 11.8 Å². The van der Waals surface area contributed by atoms with Crippen LogP contribution in [0.2, 0.25) is 5.02 Å². The van der Waals surface area contributed by atoms with Gasteiger partial charge < -0.3 is 0 Å². The van der Waals surface area contributed by atoms with Gasteiger partial charge in [-0.3, -0.25) is 14.6 Å². The molecule has 0 N–H and O–H groups in total. The predicted octanol–water partition coefficient (Wildman–Crippen LogP) is 4.89. The minimum atomic E-state index is -0.334. The quantitative estimate of drug-likeness (QED) is 0.493. The summed E-state index contributed by atoms with van der Waals surface area (Å²) >= 11 is 5.89. The number of hydrogen-bond donors (Lipinski definition) is 0. The summed E-state index contributed by atoms with van der Waals surface area (Å²) in [4.78, 5) is 31.1. The average molecular weight is 361 g/mol. The first-order valence-corrected chi connectivity index (χ1v) is 8.39. The second-order valence-electron chi connectivity index (χ2n) is 5.79. The molecule has 1 heterocycles. The van der Waals surface area contributed by atoms with Crippen LogP contribution in [0.1, 0.15) is 26.3 Å². The maximum Gasteiger partial charge on any atom is 0.266 e. The van der Waals surface area contributed by atoms with Gasteiger partial charge in [0, 0.05) is 11.2 Å². The maximum atomic E-state index is 12.7. The minimum Gasteiger partial charge on any atom is -0.268 e. The Labute approximate surface area is 155 Å². The highest BCUT2D eigenvalue weighted by molar-refractivity contribution is 6.35. The Morgan fingerprint density at radius 2 is 1.35 bits per heavy atom. The first-order chi connectivity index (χ1) is 12.6. The largest absolute Gasteiger partial charge is 0.268 e. The summed E-state index contributed by atoms with van der Waals surface area (Å²) in [6.45, 7) is 0. The molecule has 26 heavy (non-hydrogen) atoms. The molecule has 0 unspecified atom stereocenters. The van der Waals surface area contributed by atoms with Crippen LogP contribution in [-0.4, -0.2) is 18.0 Å². The number of amides is 2. The lowest BCUT2D eigenvalue weighted by Gasteiger charge is -2.16. The van der Waals surface area contributed by atoms with Crippen LogP contribution in [0.25, 0.3) is 0 Å². The molecular weight excluding hydrogens is 348 g/mol. The summed E-state index contributed by atoms with van der Waals surface area (Å²) in [5.41, 5.74) is 2.69. The summed E-state index contributed by atoms with van der Waals surface area (Å²) in [5.74, 6) is -0.667. The van der Waals surface area contributed by atoms with Gasteiger partial charge in [-0.1, -0.05) is 48.0 Å². The van der Waals surface area contributed by atoms with Crippen molar-refractivity contribution in [1.82, 2.24) is 0 Å². The molecule has 4 nitrogen and oxygen atoms in total. The fourth-order valence-corrected chi connectivity index (χ4v) is 2.99.